The van der Waals surface area contributed by atoms with Gasteiger partial charge in [0.2, 0.25) is 0 Å². The van der Waals surface area contributed by atoms with E-state index in [1.807, 2.05) is 48.5 Å². The monoisotopic (exact) mass is 231 g/mol. The Morgan fingerprint density at radius 1 is 1.00 bits per heavy atom. The third kappa shape index (κ3) is 7.65. The van der Waals surface area contributed by atoms with Crippen molar-refractivity contribution in [3.8, 4) is 0 Å². The van der Waals surface area contributed by atoms with Crippen molar-refractivity contribution < 1.29 is 14.5 Å². The minimum atomic E-state index is -0.450. The second kappa shape index (κ2) is 5.64. The second-order valence-electron chi connectivity index (χ2n) is 5.81. The summed E-state index contributed by atoms with van der Waals surface area (Å²) in [5, 5.41) is 1.03. The van der Waals surface area contributed by atoms with Gasteiger partial charge in [0.05, 0.1) is 11.2 Å². The number of hydrogen-bond acceptors (Lipinski definition) is 3. The van der Waals surface area contributed by atoms with Gasteiger partial charge in [-0.3, -0.25) is 4.79 Å². The molecule has 0 N–H and O–H groups in total. The maximum absolute atomic E-state index is 11.8. The summed E-state index contributed by atoms with van der Waals surface area (Å²) in [6.07, 6.45) is 1.20. The van der Waals surface area contributed by atoms with E-state index in [1.165, 1.54) is 0 Å². The smallest absolute Gasteiger partial charge is 0.270 e. The van der Waals surface area contributed by atoms with Gasteiger partial charge in [0.25, 0.3) is 5.91 Å². The average Bonchev–Trinajstić information content (AvgIpc) is 1.97. The van der Waals surface area contributed by atoms with Gasteiger partial charge in [0.1, 0.15) is 0 Å². The molecule has 1 amide bonds. The molecular weight excluding hydrogens is 206 g/mol. The van der Waals surface area contributed by atoms with Crippen molar-refractivity contribution >= 4 is 5.91 Å². The molecule has 0 aliphatic heterocycles. The van der Waals surface area contributed by atoms with E-state index in [1.54, 1.807) is 0 Å². The summed E-state index contributed by atoms with van der Waals surface area (Å²) in [4.78, 5) is 22.8. The van der Waals surface area contributed by atoms with E-state index in [-0.39, 0.29) is 5.91 Å². The number of carbonyl (C=O) groups is 1. The van der Waals surface area contributed by atoms with E-state index in [2.05, 4.69) is 0 Å². The highest BCUT2D eigenvalue weighted by Gasteiger charge is 2.27. The van der Waals surface area contributed by atoms with Crippen LogP contribution in [0.2, 0.25) is 0 Å². The molecule has 0 aromatic carbocycles. The molecule has 0 radical (unpaired) electrons. The van der Waals surface area contributed by atoms with Gasteiger partial charge in [-0.25, -0.2) is 9.68 Å². The lowest BCUT2D eigenvalue weighted by molar-refractivity contribution is -0.402. The molecule has 0 saturated carbocycles. The van der Waals surface area contributed by atoms with Crippen molar-refractivity contribution in [2.75, 3.05) is 0 Å². The van der Waals surface area contributed by atoms with E-state index in [4.69, 9.17) is 9.68 Å². The molecule has 0 unspecified atom stereocenters. The first-order valence-electron chi connectivity index (χ1n) is 5.76. The van der Waals surface area contributed by atoms with Crippen molar-refractivity contribution in [3.63, 3.8) is 0 Å². The first-order chi connectivity index (χ1) is 7.05. The second-order valence-corrected chi connectivity index (χ2v) is 5.81. The fourth-order valence-corrected chi connectivity index (χ4v) is 0.923. The molecule has 4 nitrogen and oxygen atoms in total. The summed E-state index contributed by atoms with van der Waals surface area (Å²) in [6, 6.07) is 0. The largest absolute Gasteiger partial charge is 0.273 e. The average molecular weight is 231 g/mol. The van der Waals surface area contributed by atoms with Gasteiger partial charge in [-0.15, -0.1) is 0 Å². The molecule has 0 spiro atoms. The molecule has 96 valence electrons. The van der Waals surface area contributed by atoms with E-state index < -0.39 is 11.2 Å². The van der Waals surface area contributed by atoms with Crippen LogP contribution in [0.25, 0.3) is 0 Å². The predicted octanol–water partition coefficient (Wildman–Crippen LogP) is 3.08. The highest BCUT2D eigenvalue weighted by atomic mass is 17.0. The number of amides is 1. The van der Waals surface area contributed by atoms with Crippen molar-refractivity contribution in [3.05, 3.63) is 0 Å². The lowest BCUT2D eigenvalue weighted by Crippen LogP contribution is -2.42. The molecule has 4 heteroatoms. The summed E-state index contributed by atoms with van der Waals surface area (Å²) >= 11 is 0. The maximum Gasteiger partial charge on any atom is 0.273 e. The third-order valence-electron chi connectivity index (χ3n) is 1.38. The van der Waals surface area contributed by atoms with Crippen LogP contribution in [0.3, 0.4) is 0 Å². The first-order valence-corrected chi connectivity index (χ1v) is 5.76. The van der Waals surface area contributed by atoms with Crippen LogP contribution < -0.4 is 0 Å². The number of rotatable bonds is 4. The molecule has 0 heterocycles. The molecule has 0 bridgehead atoms. The summed E-state index contributed by atoms with van der Waals surface area (Å²) in [6.45, 7) is 13.2. The molecule has 0 fully saturated rings. The van der Waals surface area contributed by atoms with E-state index in [0.717, 1.165) is 11.6 Å². The quantitative estimate of drug-likeness (QED) is 0.698. The highest BCUT2D eigenvalue weighted by Crippen LogP contribution is 2.17. The summed E-state index contributed by atoms with van der Waals surface area (Å²) in [5.41, 5.74) is -0.900. The Balaban J connectivity index is 4.57. The van der Waals surface area contributed by atoms with Gasteiger partial charge in [-0.05, 0) is 48.0 Å². The molecule has 0 saturated heterocycles. The summed E-state index contributed by atoms with van der Waals surface area (Å²) in [5.74, 6) is -0.146. The molecular formula is C12H25NO3. The maximum atomic E-state index is 11.8. The SMILES string of the molecule is CCCC(=O)N(OC(C)(C)C)OC(C)(C)C. The van der Waals surface area contributed by atoms with E-state index in [0.29, 0.717) is 6.42 Å². The van der Waals surface area contributed by atoms with Crippen molar-refractivity contribution in [2.45, 2.75) is 72.5 Å². The summed E-state index contributed by atoms with van der Waals surface area (Å²) in [7, 11) is 0. The van der Waals surface area contributed by atoms with Crippen LogP contribution in [0.5, 0.6) is 0 Å². The van der Waals surface area contributed by atoms with Crippen molar-refractivity contribution in [1.82, 2.24) is 5.23 Å². The lowest BCUT2D eigenvalue weighted by Gasteiger charge is -2.33. The van der Waals surface area contributed by atoms with Gasteiger partial charge in [-0.1, -0.05) is 12.2 Å². The van der Waals surface area contributed by atoms with E-state index >= 15 is 0 Å². The fraction of sp³-hybridized carbons (Fsp3) is 0.917. The van der Waals surface area contributed by atoms with E-state index in [9.17, 15) is 4.79 Å². The summed E-state index contributed by atoms with van der Waals surface area (Å²) < 4.78 is 0. The van der Waals surface area contributed by atoms with Crippen LogP contribution >= 0.6 is 0 Å². The van der Waals surface area contributed by atoms with Gasteiger partial charge >= 0.3 is 0 Å². The molecule has 16 heavy (non-hydrogen) atoms. The third-order valence-corrected chi connectivity index (χ3v) is 1.38. The van der Waals surface area contributed by atoms with Crippen LogP contribution in [-0.2, 0) is 14.5 Å². The Morgan fingerprint density at radius 2 is 1.38 bits per heavy atom. The Bertz CT molecular complexity index is 209. The molecule has 0 aliphatic rings. The van der Waals surface area contributed by atoms with Gasteiger partial charge in [0, 0.05) is 6.42 Å². The number of hydrogen-bond donors (Lipinski definition) is 0. The molecule has 0 aromatic heterocycles. The van der Waals surface area contributed by atoms with Crippen LogP contribution in [0.1, 0.15) is 61.3 Å². The van der Waals surface area contributed by atoms with Crippen molar-refractivity contribution in [1.29, 1.82) is 0 Å². The molecule has 0 aromatic rings. The van der Waals surface area contributed by atoms with Crippen LogP contribution in [0.4, 0.5) is 0 Å². The molecule has 0 aliphatic carbocycles. The Kier molecular flexibility index (Phi) is 5.42. The minimum Gasteiger partial charge on any atom is -0.270 e. The predicted molar refractivity (Wildman–Crippen MR) is 63.4 cm³/mol. The lowest BCUT2D eigenvalue weighted by atomic mass is 10.2. The normalized spacial score (nSPS) is 12.7. The Labute approximate surface area is 98.8 Å². The standard InChI is InChI=1S/C12H25NO3/c1-8-9-10(14)13(15-11(2,3)4)16-12(5,6)7/h8-9H2,1-7H3. The van der Waals surface area contributed by atoms with Crippen molar-refractivity contribution in [2.24, 2.45) is 0 Å². The number of nitrogens with zero attached hydrogens (tertiary/aromatic N) is 1. The van der Waals surface area contributed by atoms with Gasteiger partial charge in [0.15, 0.2) is 0 Å². The minimum absolute atomic E-state index is 0.146. The zero-order chi connectivity index (χ0) is 13.0. The van der Waals surface area contributed by atoms with Crippen LogP contribution in [0, 0.1) is 0 Å². The van der Waals surface area contributed by atoms with Crippen LogP contribution in [0.15, 0.2) is 0 Å². The first kappa shape index (κ1) is 15.4. The van der Waals surface area contributed by atoms with Gasteiger partial charge in [-0.2, -0.15) is 0 Å². The fourth-order valence-electron chi connectivity index (χ4n) is 0.923. The topological polar surface area (TPSA) is 38.8 Å². The van der Waals surface area contributed by atoms with Gasteiger partial charge < -0.3 is 0 Å². The number of carbonyl (C=O) groups excluding carboxylic acids is 1. The van der Waals surface area contributed by atoms with Crippen LogP contribution in [-0.4, -0.2) is 22.3 Å². The Hall–Kier alpha value is -0.610. The number of hydroxylamine groups is 2. The molecule has 0 atom stereocenters. The molecule has 0 rings (SSSR count). The zero-order valence-corrected chi connectivity index (χ0v) is 11.6. The zero-order valence-electron chi connectivity index (χ0n) is 11.6. The highest BCUT2D eigenvalue weighted by molar-refractivity contribution is 5.73. The Morgan fingerprint density at radius 3 is 1.62 bits per heavy atom.